The summed E-state index contributed by atoms with van der Waals surface area (Å²) in [5.41, 5.74) is 10.7. The zero-order valence-electron chi connectivity index (χ0n) is 18.2. The first-order valence-electron chi connectivity index (χ1n) is 11.3. The number of fused-ring (bicyclic) bond motifs is 2. The van der Waals surface area contributed by atoms with Gasteiger partial charge in [0, 0.05) is 25.6 Å². The van der Waals surface area contributed by atoms with Gasteiger partial charge in [-0.05, 0) is 54.5 Å². The van der Waals surface area contributed by atoms with E-state index in [0.717, 1.165) is 40.7 Å². The van der Waals surface area contributed by atoms with Gasteiger partial charge in [-0.2, -0.15) is 13.2 Å². The van der Waals surface area contributed by atoms with Crippen LogP contribution in [0.2, 0.25) is 0 Å². The van der Waals surface area contributed by atoms with Crippen molar-refractivity contribution in [3.63, 3.8) is 0 Å². The van der Waals surface area contributed by atoms with Crippen LogP contribution in [0.25, 0.3) is 11.0 Å². The Morgan fingerprint density at radius 3 is 2.67 bits per heavy atom. The van der Waals surface area contributed by atoms with E-state index in [4.69, 9.17) is 10.7 Å². The molecule has 0 unspecified atom stereocenters. The number of carbonyl (C=O) groups excluding carboxylic acids is 1. The Morgan fingerprint density at radius 2 is 1.94 bits per heavy atom. The molecule has 0 radical (unpaired) electrons. The lowest BCUT2D eigenvalue weighted by molar-refractivity contribution is -0.135. The average molecular weight is 458 g/mol. The van der Waals surface area contributed by atoms with Crippen molar-refractivity contribution in [1.82, 2.24) is 14.9 Å². The predicted octanol–water partition coefficient (Wildman–Crippen LogP) is 5.01. The molecular formula is C24H26F3N5O. The number of H-pyrrole nitrogens is 1. The fourth-order valence-electron chi connectivity index (χ4n) is 4.63. The third kappa shape index (κ3) is 4.42. The molecule has 0 bridgehead atoms. The Labute approximate surface area is 189 Å². The smallest absolute Gasteiger partial charge is 0.340 e. The average Bonchev–Trinajstić information content (AvgIpc) is 3.54. The molecule has 33 heavy (non-hydrogen) atoms. The number of para-hydroxylation sites is 1. The van der Waals surface area contributed by atoms with Gasteiger partial charge in [0.05, 0.1) is 23.3 Å². The van der Waals surface area contributed by atoms with Crippen molar-refractivity contribution in [2.24, 2.45) is 5.73 Å². The van der Waals surface area contributed by atoms with Crippen molar-refractivity contribution in [3.05, 3.63) is 58.9 Å². The number of imidazole rings is 1. The van der Waals surface area contributed by atoms with Gasteiger partial charge in [0.15, 0.2) is 0 Å². The van der Waals surface area contributed by atoms with Crippen molar-refractivity contribution in [2.45, 2.75) is 64.0 Å². The van der Waals surface area contributed by atoms with Crippen molar-refractivity contribution in [3.8, 4) is 0 Å². The van der Waals surface area contributed by atoms with Gasteiger partial charge in [-0.25, -0.2) is 9.78 Å². The summed E-state index contributed by atoms with van der Waals surface area (Å²) in [5, 5.41) is 0. The van der Waals surface area contributed by atoms with Crippen LogP contribution in [-0.2, 0) is 26.1 Å². The first-order valence-corrected chi connectivity index (χ1v) is 11.3. The number of aromatic nitrogens is 2. The van der Waals surface area contributed by atoms with Gasteiger partial charge in [0.2, 0.25) is 0 Å². The first kappa shape index (κ1) is 21.8. The number of nitrogens with one attached hydrogen (secondary N) is 1. The van der Waals surface area contributed by atoms with E-state index in [9.17, 15) is 18.0 Å². The standard InChI is InChI=1S/C24H26F3N5O/c25-24(26,27)11-3-5-18-15(12-28)7-10-19-22(18)30-21(29-19)14-32-20-6-2-1-4-16(20)13-31(23(32)33)17-8-9-17/h1-2,4,6-7,10,17H,3,5,8-9,11-14,28H2,(H,29,30). The molecule has 5 rings (SSSR count). The Bertz CT molecular complexity index is 1180. The molecule has 2 amide bonds. The van der Waals surface area contributed by atoms with E-state index in [0.29, 0.717) is 17.9 Å². The van der Waals surface area contributed by atoms with E-state index in [1.165, 1.54) is 0 Å². The number of aromatic amines is 1. The number of benzene rings is 2. The van der Waals surface area contributed by atoms with Gasteiger partial charge in [-0.1, -0.05) is 24.3 Å². The highest BCUT2D eigenvalue weighted by Gasteiger charge is 2.39. The molecule has 0 spiro atoms. The van der Waals surface area contributed by atoms with Crippen LogP contribution in [0.15, 0.2) is 36.4 Å². The number of carbonyl (C=O) groups is 1. The quantitative estimate of drug-likeness (QED) is 0.524. The zero-order chi connectivity index (χ0) is 23.2. The number of anilines is 1. The van der Waals surface area contributed by atoms with Crippen molar-refractivity contribution in [1.29, 1.82) is 0 Å². The highest BCUT2D eigenvalue weighted by Crippen LogP contribution is 2.37. The van der Waals surface area contributed by atoms with E-state index in [1.807, 2.05) is 41.3 Å². The van der Waals surface area contributed by atoms with Crippen LogP contribution in [0.3, 0.4) is 0 Å². The largest absolute Gasteiger partial charge is 0.389 e. The Hall–Kier alpha value is -3.07. The van der Waals surface area contributed by atoms with Gasteiger partial charge in [-0.3, -0.25) is 4.90 Å². The number of alkyl halides is 3. The molecule has 1 aromatic heterocycles. The van der Waals surface area contributed by atoms with Crippen LogP contribution in [0.5, 0.6) is 0 Å². The van der Waals surface area contributed by atoms with Crippen molar-refractivity contribution >= 4 is 22.8 Å². The molecule has 1 aliphatic carbocycles. The highest BCUT2D eigenvalue weighted by atomic mass is 19.4. The minimum Gasteiger partial charge on any atom is -0.340 e. The fourth-order valence-corrected chi connectivity index (χ4v) is 4.63. The van der Waals surface area contributed by atoms with E-state index in [2.05, 4.69) is 4.98 Å². The number of hydrogen-bond acceptors (Lipinski definition) is 3. The molecule has 2 aliphatic rings. The maximum Gasteiger partial charge on any atom is 0.389 e. The molecule has 9 heteroatoms. The third-order valence-corrected chi connectivity index (χ3v) is 6.41. The number of rotatable bonds is 7. The Kier molecular flexibility index (Phi) is 5.52. The van der Waals surface area contributed by atoms with E-state index in [-0.39, 0.29) is 38.0 Å². The van der Waals surface area contributed by atoms with Crippen LogP contribution in [0, 0.1) is 0 Å². The minimum atomic E-state index is -4.19. The minimum absolute atomic E-state index is 0.0217. The summed E-state index contributed by atoms with van der Waals surface area (Å²) < 4.78 is 38.0. The molecule has 0 saturated heterocycles. The second kappa shape index (κ2) is 8.37. The third-order valence-electron chi connectivity index (χ3n) is 6.41. The first-order chi connectivity index (χ1) is 15.8. The van der Waals surface area contributed by atoms with E-state index in [1.54, 1.807) is 4.90 Å². The topological polar surface area (TPSA) is 78.2 Å². The van der Waals surface area contributed by atoms with Gasteiger partial charge >= 0.3 is 12.2 Å². The van der Waals surface area contributed by atoms with Crippen LogP contribution in [0.1, 0.15) is 48.2 Å². The van der Waals surface area contributed by atoms with Crippen LogP contribution in [-0.4, -0.2) is 33.1 Å². The van der Waals surface area contributed by atoms with Crippen molar-refractivity contribution in [2.75, 3.05) is 4.90 Å². The summed E-state index contributed by atoms with van der Waals surface area (Å²) in [6, 6.07) is 11.8. The lowest BCUT2D eigenvalue weighted by atomic mass is 10.00. The predicted molar refractivity (Wildman–Crippen MR) is 120 cm³/mol. The highest BCUT2D eigenvalue weighted by molar-refractivity contribution is 5.95. The number of nitrogens with zero attached hydrogens (tertiary/aromatic N) is 3. The summed E-state index contributed by atoms with van der Waals surface area (Å²) in [7, 11) is 0. The van der Waals surface area contributed by atoms with Gasteiger partial charge in [0.25, 0.3) is 0 Å². The Morgan fingerprint density at radius 1 is 1.15 bits per heavy atom. The maximum absolute atomic E-state index is 13.3. The molecule has 1 fully saturated rings. The number of nitrogens with two attached hydrogens (primary N) is 1. The number of urea groups is 1. The lowest BCUT2D eigenvalue weighted by Gasteiger charge is -2.37. The lowest BCUT2D eigenvalue weighted by Crippen LogP contribution is -2.47. The normalized spacial score (nSPS) is 16.5. The molecule has 6 nitrogen and oxygen atoms in total. The maximum atomic E-state index is 13.3. The van der Waals surface area contributed by atoms with Gasteiger partial charge < -0.3 is 15.6 Å². The van der Waals surface area contributed by atoms with Crippen LogP contribution in [0.4, 0.5) is 23.7 Å². The summed E-state index contributed by atoms with van der Waals surface area (Å²) >= 11 is 0. The second-order valence-corrected chi connectivity index (χ2v) is 8.81. The number of aryl methyl sites for hydroxylation is 1. The molecular weight excluding hydrogens is 431 g/mol. The number of amides is 2. The summed E-state index contributed by atoms with van der Waals surface area (Å²) in [6.45, 7) is 1.10. The monoisotopic (exact) mass is 457 g/mol. The summed E-state index contributed by atoms with van der Waals surface area (Å²) in [4.78, 5) is 24.9. The molecule has 1 saturated carbocycles. The van der Waals surface area contributed by atoms with E-state index < -0.39 is 12.6 Å². The zero-order valence-corrected chi connectivity index (χ0v) is 18.2. The molecule has 2 aromatic carbocycles. The molecule has 2 heterocycles. The summed E-state index contributed by atoms with van der Waals surface area (Å²) in [6.07, 6.45) is -2.77. The molecule has 0 atom stereocenters. The fraction of sp³-hybridized carbons (Fsp3) is 0.417. The number of halogens is 3. The van der Waals surface area contributed by atoms with Crippen molar-refractivity contribution < 1.29 is 18.0 Å². The Balaban J connectivity index is 1.45. The molecule has 1 aliphatic heterocycles. The summed E-state index contributed by atoms with van der Waals surface area (Å²) in [5.74, 6) is 0.594. The van der Waals surface area contributed by atoms with Gasteiger partial charge in [0.1, 0.15) is 5.82 Å². The van der Waals surface area contributed by atoms with E-state index >= 15 is 0 Å². The second-order valence-electron chi connectivity index (χ2n) is 8.81. The molecule has 3 aromatic rings. The molecule has 174 valence electrons. The van der Waals surface area contributed by atoms with Gasteiger partial charge in [-0.15, -0.1) is 0 Å². The SMILES string of the molecule is NCc1ccc2[nH]c(CN3C(=O)N(C4CC4)Cc4ccccc43)nc2c1CCCC(F)(F)F. The van der Waals surface area contributed by atoms with Crippen LogP contribution < -0.4 is 10.6 Å². The van der Waals surface area contributed by atoms with Crippen LogP contribution >= 0.6 is 0 Å². The molecule has 3 N–H and O–H groups in total. The number of hydrogen-bond donors (Lipinski definition) is 2.